The van der Waals surface area contributed by atoms with E-state index in [1.807, 2.05) is 6.92 Å². The van der Waals surface area contributed by atoms with Gasteiger partial charge in [0, 0.05) is 19.2 Å². The van der Waals surface area contributed by atoms with Crippen molar-refractivity contribution in [1.29, 1.82) is 0 Å². The number of hydrogen-bond acceptors (Lipinski definition) is 3. The molecule has 0 bridgehead atoms. The number of anilines is 2. The third-order valence-corrected chi connectivity index (χ3v) is 2.85. The Morgan fingerprint density at radius 1 is 1.26 bits per heavy atom. The van der Waals surface area contributed by atoms with Crippen LogP contribution < -0.4 is 10.6 Å². The Morgan fingerprint density at radius 3 is 2.68 bits per heavy atom. The summed E-state index contributed by atoms with van der Waals surface area (Å²) in [5.74, 6) is -0.189. The molecule has 0 aliphatic carbocycles. The first kappa shape index (κ1) is 13.3. The van der Waals surface area contributed by atoms with Crippen molar-refractivity contribution in [3.05, 3.63) is 53.2 Å². The molecule has 1 aromatic carbocycles. The highest BCUT2D eigenvalue weighted by atomic mass is 19.1. The highest BCUT2D eigenvalue weighted by molar-refractivity contribution is 5.52. The fourth-order valence-electron chi connectivity index (χ4n) is 1.98. The zero-order chi connectivity index (χ0) is 14.0. The van der Waals surface area contributed by atoms with E-state index in [1.54, 1.807) is 24.2 Å². The molecule has 0 radical (unpaired) electrons. The number of benzene rings is 1. The Labute approximate surface area is 110 Å². The molecule has 0 aliphatic rings. The second kappa shape index (κ2) is 5.22. The monoisotopic (exact) mass is 263 g/mol. The summed E-state index contributed by atoms with van der Waals surface area (Å²) in [7, 11) is 1.77. The number of hydrogen-bond donors (Lipinski definition) is 1. The average molecular weight is 263 g/mol. The number of pyridine rings is 1. The lowest BCUT2D eigenvalue weighted by atomic mass is 10.2. The van der Waals surface area contributed by atoms with Crippen LogP contribution in [-0.2, 0) is 6.54 Å². The topological polar surface area (TPSA) is 42.1 Å². The Bertz CT molecular complexity index is 599. The number of nitrogen functional groups attached to an aromatic ring is 1. The summed E-state index contributed by atoms with van der Waals surface area (Å²) in [5, 5.41) is 0. The van der Waals surface area contributed by atoms with Crippen molar-refractivity contribution in [2.45, 2.75) is 13.5 Å². The number of nitrogens with two attached hydrogens (primary N) is 1. The Hall–Kier alpha value is -2.17. The number of nitrogens with zero attached hydrogens (tertiary/aromatic N) is 2. The van der Waals surface area contributed by atoms with Crippen LogP contribution >= 0.6 is 0 Å². The zero-order valence-corrected chi connectivity index (χ0v) is 10.8. The SMILES string of the molecule is Cc1cc(N)cnc1N(C)Cc1cc(F)ccc1F. The number of rotatable bonds is 3. The van der Waals surface area contributed by atoms with Crippen LogP contribution in [0.4, 0.5) is 20.3 Å². The number of aromatic nitrogens is 1. The molecule has 5 heteroatoms. The van der Waals surface area contributed by atoms with Gasteiger partial charge in [-0.2, -0.15) is 0 Å². The van der Waals surface area contributed by atoms with E-state index in [9.17, 15) is 8.78 Å². The quantitative estimate of drug-likeness (QED) is 0.925. The van der Waals surface area contributed by atoms with Gasteiger partial charge in [0.2, 0.25) is 0 Å². The van der Waals surface area contributed by atoms with Gasteiger partial charge in [0.1, 0.15) is 17.5 Å². The van der Waals surface area contributed by atoms with Crippen molar-refractivity contribution in [1.82, 2.24) is 4.98 Å². The Morgan fingerprint density at radius 2 is 2.00 bits per heavy atom. The summed E-state index contributed by atoms with van der Waals surface area (Å²) < 4.78 is 26.7. The summed E-state index contributed by atoms with van der Waals surface area (Å²) in [6.45, 7) is 2.11. The molecule has 2 rings (SSSR count). The molecule has 0 saturated heterocycles. The second-order valence-corrected chi connectivity index (χ2v) is 4.50. The Balaban J connectivity index is 2.25. The van der Waals surface area contributed by atoms with E-state index in [0.717, 1.165) is 17.7 Å². The van der Waals surface area contributed by atoms with Gasteiger partial charge in [-0.1, -0.05) is 0 Å². The predicted octanol–water partition coefficient (Wildman–Crippen LogP) is 2.89. The van der Waals surface area contributed by atoms with E-state index < -0.39 is 11.6 Å². The largest absolute Gasteiger partial charge is 0.397 e. The minimum atomic E-state index is -0.452. The first-order valence-corrected chi connectivity index (χ1v) is 5.84. The molecular weight excluding hydrogens is 248 g/mol. The molecule has 3 nitrogen and oxygen atoms in total. The number of aryl methyl sites for hydroxylation is 1. The van der Waals surface area contributed by atoms with Gasteiger partial charge in [-0.05, 0) is 36.8 Å². The van der Waals surface area contributed by atoms with Crippen LogP contribution in [0.5, 0.6) is 0 Å². The molecular formula is C14H15F2N3. The minimum Gasteiger partial charge on any atom is -0.397 e. The van der Waals surface area contributed by atoms with Gasteiger partial charge in [0.05, 0.1) is 11.9 Å². The molecule has 2 aromatic rings. The van der Waals surface area contributed by atoms with Gasteiger partial charge in [-0.3, -0.25) is 0 Å². The van der Waals surface area contributed by atoms with Gasteiger partial charge in [-0.15, -0.1) is 0 Å². The van der Waals surface area contributed by atoms with E-state index >= 15 is 0 Å². The van der Waals surface area contributed by atoms with Gasteiger partial charge >= 0.3 is 0 Å². The van der Waals surface area contributed by atoms with E-state index in [-0.39, 0.29) is 6.54 Å². The summed E-state index contributed by atoms with van der Waals surface area (Å²) in [5.41, 5.74) is 7.39. The van der Waals surface area contributed by atoms with E-state index in [2.05, 4.69) is 4.98 Å². The molecule has 0 amide bonds. The fourth-order valence-corrected chi connectivity index (χ4v) is 1.98. The molecule has 0 saturated carbocycles. The third-order valence-electron chi connectivity index (χ3n) is 2.85. The molecule has 2 N–H and O–H groups in total. The van der Waals surface area contributed by atoms with Crippen LogP contribution in [-0.4, -0.2) is 12.0 Å². The normalized spacial score (nSPS) is 10.5. The lowest BCUT2D eigenvalue weighted by Gasteiger charge is -2.20. The van der Waals surface area contributed by atoms with E-state index in [0.29, 0.717) is 17.1 Å². The van der Waals surface area contributed by atoms with Gasteiger partial charge < -0.3 is 10.6 Å². The molecule has 0 fully saturated rings. The molecule has 1 heterocycles. The van der Waals surface area contributed by atoms with Crippen LogP contribution in [0.15, 0.2) is 30.5 Å². The first-order chi connectivity index (χ1) is 8.97. The molecule has 0 spiro atoms. The van der Waals surface area contributed by atoms with Crippen molar-refractivity contribution in [3.8, 4) is 0 Å². The lowest BCUT2D eigenvalue weighted by Crippen LogP contribution is -2.19. The maximum absolute atomic E-state index is 13.6. The summed E-state index contributed by atoms with van der Waals surface area (Å²) >= 11 is 0. The molecule has 0 aliphatic heterocycles. The van der Waals surface area contributed by atoms with Crippen molar-refractivity contribution >= 4 is 11.5 Å². The van der Waals surface area contributed by atoms with Crippen molar-refractivity contribution in [3.63, 3.8) is 0 Å². The van der Waals surface area contributed by atoms with Gasteiger partial charge in [0.15, 0.2) is 0 Å². The van der Waals surface area contributed by atoms with Crippen LogP contribution in [0.25, 0.3) is 0 Å². The maximum Gasteiger partial charge on any atom is 0.131 e. The summed E-state index contributed by atoms with van der Waals surface area (Å²) in [6, 6.07) is 5.21. The molecule has 100 valence electrons. The third kappa shape index (κ3) is 2.99. The van der Waals surface area contributed by atoms with Crippen LogP contribution in [0.2, 0.25) is 0 Å². The fraction of sp³-hybridized carbons (Fsp3) is 0.214. The average Bonchev–Trinajstić information content (AvgIpc) is 2.33. The van der Waals surface area contributed by atoms with Crippen LogP contribution in [0, 0.1) is 18.6 Å². The first-order valence-electron chi connectivity index (χ1n) is 5.84. The smallest absolute Gasteiger partial charge is 0.131 e. The molecule has 1 aromatic heterocycles. The predicted molar refractivity (Wildman–Crippen MR) is 71.9 cm³/mol. The Kier molecular flexibility index (Phi) is 3.64. The summed E-state index contributed by atoms with van der Waals surface area (Å²) in [4.78, 5) is 5.97. The van der Waals surface area contributed by atoms with E-state index in [4.69, 9.17) is 5.73 Å². The zero-order valence-electron chi connectivity index (χ0n) is 10.8. The highest BCUT2D eigenvalue weighted by Crippen LogP contribution is 2.20. The minimum absolute atomic E-state index is 0.237. The number of halogens is 2. The molecule has 19 heavy (non-hydrogen) atoms. The van der Waals surface area contributed by atoms with E-state index in [1.165, 1.54) is 6.07 Å². The lowest BCUT2D eigenvalue weighted by molar-refractivity contribution is 0.583. The molecule has 0 unspecified atom stereocenters. The second-order valence-electron chi connectivity index (χ2n) is 4.50. The standard InChI is InChI=1S/C14H15F2N3/c1-9-5-12(17)7-18-14(9)19(2)8-10-6-11(15)3-4-13(10)16/h3-7H,8,17H2,1-2H3. The van der Waals surface area contributed by atoms with Crippen molar-refractivity contribution < 1.29 is 8.78 Å². The van der Waals surface area contributed by atoms with Crippen LogP contribution in [0.3, 0.4) is 0 Å². The van der Waals surface area contributed by atoms with Gasteiger partial charge in [0.25, 0.3) is 0 Å². The molecule has 0 atom stereocenters. The maximum atomic E-state index is 13.6. The van der Waals surface area contributed by atoms with Crippen LogP contribution in [0.1, 0.15) is 11.1 Å². The highest BCUT2D eigenvalue weighted by Gasteiger charge is 2.11. The van der Waals surface area contributed by atoms with Crippen molar-refractivity contribution in [2.24, 2.45) is 0 Å². The van der Waals surface area contributed by atoms with Crippen molar-refractivity contribution in [2.75, 3.05) is 17.7 Å². The van der Waals surface area contributed by atoms with Gasteiger partial charge in [-0.25, -0.2) is 13.8 Å². The summed E-state index contributed by atoms with van der Waals surface area (Å²) in [6.07, 6.45) is 1.54.